The summed E-state index contributed by atoms with van der Waals surface area (Å²) in [6, 6.07) is 8.49. The summed E-state index contributed by atoms with van der Waals surface area (Å²) in [5, 5.41) is 0. The van der Waals surface area contributed by atoms with Crippen LogP contribution in [0.25, 0.3) is 5.76 Å². The summed E-state index contributed by atoms with van der Waals surface area (Å²) >= 11 is 0. The van der Waals surface area contributed by atoms with E-state index in [1.54, 1.807) is 13.2 Å². The van der Waals surface area contributed by atoms with Crippen LogP contribution in [0.3, 0.4) is 0 Å². The van der Waals surface area contributed by atoms with Gasteiger partial charge >= 0.3 is 0 Å². The van der Waals surface area contributed by atoms with Gasteiger partial charge in [0.05, 0.1) is 13.7 Å². The van der Waals surface area contributed by atoms with Crippen LogP contribution < -0.4 is 4.74 Å². The first kappa shape index (κ1) is 12.6. The first-order valence-corrected chi connectivity index (χ1v) is 5.59. The van der Waals surface area contributed by atoms with Gasteiger partial charge in [-0.05, 0) is 25.1 Å². The van der Waals surface area contributed by atoms with Crippen LogP contribution in [0.15, 0.2) is 18.2 Å². The summed E-state index contributed by atoms with van der Waals surface area (Å²) in [5.41, 5.74) is 0.826. The van der Waals surface area contributed by atoms with E-state index in [-0.39, 0.29) is 0 Å². The average molecular weight is 218 g/mol. The van der Waals surface area contributed by atoms with Crippen molar-refractivity contribution in [3.63, 3.8) is 0 Å². The van der Waals surface area contributed by atoms with Gasteiger partial charge in [-0.2, -0.15) is 0 Å². The molecule has 0 aliphatic heterocycles. The van der Waals surface area contributed by atoms with Gasteiger partial charge in [0.15, 0.2) is 0 Å². The van der Waals surface area contributed by atoms with Crippen LogP contribution in [0.4, 0.5) is 0 Å². The summed E-state index contributed by atoms with van der Waals surface area (Å²) in [6.07, 6.45) is 3.45. The third-order valence-corrected chi connectivity index (χ3v) is 2.28. The Hall–Kier alpha value is -1.44. The van der Waals surface area contributed by atoms with Crippen LogP contribution in [-0.4, -0.2) is 13.7 Å². The van der Waals surface area contributed by atoms with Gasteiger partial charge in [-0.15, -0.1) is 0 Å². The highest BCUT2D eigenvalue weighted by atomic mass is 16.5. The molecule has 2 radical (unpaired) electrons. The van der Waals surface area contributed by atoms with Crippen LogP contribution in [0.5, 0.6) is 5.75 Å². The zero-order valence-electron chi connectivity index (χ0n) is 9.95. The molecule has 1 aromatic carbocycles. The Morgan fingerprint density at radius 1 is 1.44 bits per heavy atom. The Bertz CT molecular complexity index is 331. The molecule has 1 aromatic rings. The highest BCUT2D eigenvalue weighted by Gasteiger charge is 2.01. The number of benzene rings is 1. The molecule has 0 heterocycles. The van der Waals surface area contributed by atoms with Crippen LogP contribution in [0, 0.1) is 12.6 Å². The minimum Gasteiger partial charge on any atom is -0.496 e. The number of ether oxygens (including phenoxy) is 2. The zero-order valence-corrected chi connectivity index (χ0v) is 9.95. The molecule has 0 atom stereocenters. The van der Waals surface area contributed by atoms with E-state index in [0.717, 1.165) is 18.6 Å². The Labute approximate surface area is 97.9 Å². The first-order valence-electron chi connectivity index (χ1n) is 5.59. The highest BCUT2D eigenvalue weighted by Crippen LogP contribution is 2.18. The molecule has 0 saturated carbocycles. The third-order valence-electron chi connectivity index (χ3n) is 2.28. The zero-order chi connectivity index (χ0) is 11.8. The van der Waals surface area contributed by atoms with Crippen LogP contribution in [0.1, 0.15) is 31.7 Å². The lowest BCUT2D eigenvalue weighted by Crippen LogP contribution is -1.97. The summed E-state index contributed by atoms with van der Waals surface area (Å²) in [4.78, 5) is 0. The smallest absolute Gasteiger partial charge is 0.127 e. The fourth-order valence-corrected chi connectivity index (χ4v) is 1.33. The molecule has 86 valence electrons. The predicted octanol–water partition coefficient (Wildman–Crippen LogP) is 3.48. The maximum atomic E-state index is 5.66. The van der Waals surface area contributed by atoms with Crippen molar-refractivity contribution in [2.24, 2.45) is 0 Å². The van der Waals surface area contributed by atoms with Gasteiger partial charge < -0.3 is 9.47 Å². The molecule has 0 saturated heterocycles. The van der Waals surface area contributed by atoms with Crippen molar-refractivity contribution in [2.75, 3.05) is 13.7 Å². The monoisotopic (exact) mass is 218 g/mol. The Morgan fingerprint density at radius 3 is 2.94 bits per heavy atom. The molecular weight excluding hydrogens is 200 g/mol. The van der Waals surface area contributed by atoms with Gasteiger partial charge in [-0.3, -0.25) is 0 Å². The van der Waals surface area contributed by atoms with E-state index in [1.807, 2.05) is 12.1 Å². The number of hydrogen-bond donors (Lipinski definition) is 0. The molecule has 0 unspecified atom stereocenters. The van der Waals surface area contributed by atoms with Gasteiger partial charge in [0.2, 0.25) is 0 Å². The second-order valence-corrected chi connectivity index (χ2v) is 3.57. The maximum Gasteiger partial charge on any atom is 0.127 e. The Balaban J connectivity index is 2.50. The van der Waals surface area contributed by atoms with Crippen molar-refractivity contribution in [1.29, 1.82) is 0 Å². The van der Waals surface area contributed by atoms with Gasteiger partial charge in [-0.25, -0.2) is 0 Å². The maximum absolute atomic E-state index is 5.66. The van der Waals surface area contributed by atoms with Crippen molar-refractivity contribution >= 4 is 5.76 Å². The lowest BCUT2D eigenvalue weighted by Gasteiger charge is -2.08. The van der Waals surface area contributed by atoms with E-state index >= 15 is 0 Å². The van der Waals surface area contributed by atoms with E-state index in [0.29, 0.717) is 11.5 Å². The number of unbranched alkanes of at least 4 members (excludes halogenated alkanes) is 2. The molecule has 0 N–H and O–H groups in total. The summed E-state index contributed by atoms with van der Waals surface area (Å²) in [5.74, 6) is 1.11. The predicted molar refractivity (Wildman–Crippen MR) is 65.0 cm³/mol. The minimum absolute atomic E-state index is 0.396. The topological polar surface area (TPSA) is 18.5 Å². The van der Waals surface area contributed by atoms with Gasteiger partial charge in [0.25, 0.3) is 0 Å². The molecule has 0 fully saturated rings. The van der Waals surface area contributed by atoms with Crippen molar-refractivity contribution < 1.29 is 9.47 Å². The SMILES string of the molecule is [CH]=C(OC)c1cc[c]c(OCCCCC)c1. The van der Waals surface area contributed by atoms with E-state index in [9.17, 15) is 0 Å². The largest absolute Gasteiger partial charge is 0.496 e. The third kappa shape index (κ3) is 3.97. The van der Waals surface area contributed by atoms with E-state index in [2.05, 4.69) is 13.0 Å². The standard InChI is InChI=1S/C14H18O2/c1-4-5-6-10-16-14-9-7-8-13(11-14)12(2)15-3/h2,7-8,11H,4-6,10H2,1,3H3. The van der Waals surface area contributed by atoms with E-state index < -0.39 is 0 Å². The molecule has 2 nitrogen and oxygen atoms in total. The highest BCUT2D eigenvalue weighted by molar-refractivity contribution is 5.57. The second kappa shape index (κ2) is 6.94. The molecular formula is C14H18O2. The van der Waals surface area contributed by atoms with Crippen molar-refractivity contribution in [3.05, 3.63) is 36.4 Å². The summed E-state index contributed by atoms with van der Waals surface area (Å²) < 4.78 is 10.5. The van der Waals surface area contributed by atoms with Crippen LogP contribution >= 0.6 is 0 Å². The lowest BCUT2D eigenvalue weighted by molar-refractivity contribution is 0.305. The molecule has 0 amide bonds. The summed E-state index contributed by atoms with van der Waals surface area (Å²) in [6.45, 7) is 8.56. The quantitative estimate of drug-likeness (QED) is 0.515. The van der Waals surface area contributed by atoms with Gasteiger partial charge in [0, 0.05) is 11.6 Å². The number of hydrogen-bond acceptors (Lipinski definition) is 2. The van der Waals surface area contributed by atoms with Crippen molar-refractivity contribution in [3.8, 4) is 5.75 Å². The normalized spacial score (nSPS) is 9.88. The average Bonchev–Trinajstić information content (AvgIpc) is 2.34. The molecule has 0 aliphatic rings. The first-order chi connectivity index (χ1) is 7.77. The van der Waals surface area contributed by atoms with Crippen LogP contribution in [0.2, 0.25) is 0 Å². The molecule has 0 aromatic heterocycles. The molecule has 16 heavy (non-hydrogen) atoms. The van der Waals surface area contributed by atoms with Crippen molar-refractivity contribution in [1.82, 2.24) is 0 Å². The van der Waals surface area contributed by atoms with Gasteiger partial charge in [-0.1, -0.05) is 25.8 Å². The molecule has 1 rings (SSSR count). The second-order valence-electron chi connectivity index (χ2n) is 3.57. The number of rotatable bonds is 7. The Morgan fingerprint density at radius 2 is 2.25 bits per heavy atom. The van der Waals surface area contributed by atoms with Crippen LogP contribution in [-0.2, 0) is 4.74 Å². The van der Waals surface area contributed by atoms with E-state index in [4.69, 9.17) is 16.1 Å². The fourth-order valence-electron chi connectivity index (χ4n) is 1.33. The molecule has 0 bridgehead atoms. The molecule has 2 heteroatoms. The Kier molecular flexibility index (Phi) is 5.48. The fraction of sp³-hybridized carbons (Fsp3) is 0.429. The molecule has 0 aliphatic carbocycles. The molecule has 0 spiro atoms. The minimum atomic E-state index is 0.396. The lowest BCUT2D eigenvalue weighted by atomic mass is 10.2. The summed E-state index contributed by atoms with van der Waals surface area (Å²) in [7, 11) is 1.55. The van der Waals surface area contributed by atoms with Gasteiger partial charge in [0.1, 0.15) is 11.5 Å². The number of methoxy groups -OCH3 is 1. The van der Waals surface area contributed by atoms with E-state index in [1.165, 1.54) is 12.8 Å². The van der Waals surface area contributed by atoms with Crippen molar-refractivity contribution in [2.45, 2.75) is 26.2 Å².